The van der Waals surface area contributed by atoms with Crippen LogP contribution in [-0.2, 0) is 6.42 Å². The van der Waals surface area contributed by atoms with Gasteiger partial charge in [0.05, 0.1) is 5.69 Å². The zero-order valence-corrected chi connectivity index (χ0v) is 15.3. The molecule has 1 atom stereocenters. The molecule has 2 aromatic heterocycles. The normalized spacial score (nSPS) is 17.0. The Morgan fingerprint density at radius 3 is 2.74 bits per heavy atom. The molecule has 138 valence electrons. The van der Waals surface area contributed by atoms with E-state index in [0.29, 0.717) is 11.7 Å². The molecule has 1 amide bonds. The summed E-state index contributed by atoms with van der Waals surface area (Å²) < 4.78 is 0. The van der Waals surface area contributed by atoms with Crippen molar-refractivity contribution >= 4 is 5.91 Å². The Labute approximate surface area is 159 Å². The third-order valence-electron chi connectivity index (χ3n) is 5.28. The summed E-state index contributed by atoms with van der Waals surface area (Å²) in [6.45, 7) is 0.821. The van der Waals surface area contributed by atoms with Crippen LogP contribution in [0, 0.1) is 0 Å². The molecule has 3 heterocycles. The number of aryl methyl sites for hydroxylation is 1. The molecule has 1 unspecified atom stereocenters. The van der Waals surface area contributed by atoms with Gasteiger partial charge in [0.15, 0.2) is 0 Å². The van der Waals surface area contributed by atoms with Crippen LogP contribution in [0.25, 0.3) is 11.3 Å². The molecule has 0 radical (unpaired) electrons. The molecule has 5 heteroatoms. The number of nitrogens with one attached hydrogen (secondary N) is 1. The van der Waals surface area contributed by atoms with Gasteiger partial charge in [-0.2, -0.15) is 5.10 Å². The molecule has 1 saturated heterocycles. The largest absolute Gasteiger partial charge is 0.334 e. The summed E-state index contributed by atoms with van der Waals surface area (Å²) in [5, 5.41) is 7.25. The Morgan fingerprint density at radius 1 is 1.11 bits per heavy atom. The number of nitrogens with zero attached hydrogens (tertiary/aromatic N) is 3. The van der Waals surface area contributed by atoms with Gasteiger partial charge in [-0.15, -0.1) is 0 Å². The van der Waals surface area contributed by atoms with E-state index in [1.54, 1.807) is 12.4 Å². The number of likely N-dealkylation sites (tertiary alicyclic amines) is 1. The van der Waals surface area contributed by atoms with Crippen LogP contribution in [0.3, 0.4) is 0 Å². The number of hydrogen-bond donors (Lipinski definition) is 1. The second-order valence-electron chi connectivity index (χ2n) is 7.08. The van der Waals surface area contributed by atoms with Crippen LogP contribution in [0.4, 0.5) is 0 Å². The predicted octanol–water partition coefficient (Wildman–Crippen LogP) is 4.10. The van der Waals surface area contributed by atoms with Crippen LogP contribution in [0.15, 0.2) is 60.9 Å². The maximum Gasteiger partial charge on any atom is 0.272 e. The zero-order chi connectivity index (χ0) is 18.5. The second-order valence-corrected chi connectivity index (χ2v) is 7.08. The first-order chi connectivity index (χ1) is 13.3. The number of benzene rings is 1. The smallest absolute Gasteiger partial charge is 0.272 e. The van der Waals surface area contributed by atoms with E-state index in [2.05, 4.69) is 39.4 Å². The van der Waals surface area contributed by atoms with Crippen molar-refractivity contribution in [1.29, 1.82) is 0 Å². The fourth-order valence-electron chi connectivity index (χ4n) is 3.80. The van der Waals surface area contributed by atoms with E-state index < -0.39 is 0 Å². The highest BCUT2D eigenvalue weighted by Crippen LogP contribution is 2.24. The summed E-state index contributed by atoms with van der Waals surface area (Å²) in [5.41, 5.74) is 3.63. The van der Waals surface area contributed by atoms with Crippen molar-refractivity contribution in [3.8, 4) is 11.3 Å². The molecule has 0 aliphatic carbocycles. The van der Waals surface area contributed by atoms with Crippen molar-refractivity contribution in [2.24, 2.45) is 0 Å². The van der Waals surface area contributed by atoms with Crippen LogP contribution >= 0.6 is 0 Å². The van der Waals surface area contributed by atoms with E-state index in [9.17, 15) is 4.79 Å². The lowest BCUT2D eigenvalue weighted by molar-refractivity contribution is 0.0596. The number of pyridine rings is 1. The van der Waals surface area contributed by atoms with Crippen molar-refractivity contribution < 1.29 is 4.79 Å². The first-order valence-corrected chi connectivity index (χ1v) is 9.62. The molecule has 1 fully saturated rings. The molecular weight excluding hydrogens is 336 g/mol. The predicted molar refractivity (Wildman–Crippen MR) is 105 cm³/mol. The Morgan fingerprint density at radius 2 is 1.93 bits per heavy atom. The molecule has 5 nitrogen and oxygen atoms in total. The monoisotopic (exact) mass is 360 g/mol. The number of amides is 1. The Balaban J connectivity index is 1.46. The van der Waals surface area contributed by atoms with E-state index in [1.807, 2.05) is 29.2 Å². The lowest BCUT2D eigenvalue weighted by atomic mass is 9.95. The summed E-state index contributed by atoms with van der Waals surface area (Å²) in [5.74, 6) is 0.0561. The fourth-order valence-corrected chi connectivity index (χ4v) is 3.80. The van der Waals surface area contributed by atoms with E-state index in [0.717, 1.165) is 43.5 Å². The van der Waals surface area contributed by atoms with E-state index in [4.69, 9.17) is 0 Å². The van der Waals surface area contributed by atoms with Crippen LogP contribution in [0.5, 0.6) is 0 Å². The molecule has 1 aliphatic rings. The van der Waals surface area contributed by atoms with Crippen LogP contribution in [0.1, 0.15) is 41.7 Å². The number of carbonyl (C=O) groups is 1. The van der Waals surface area contributed by atoms with Crippen LogP contribution < -0.4 is 0 Å². The minimum Gasteiger partial charge on any atom is -0.334 e. The van der Waals surface area contributed by atoms with Gasteiger partial charge in [-0.05, 0) is 55.9 Å². The van der Waals surface area contributed by atoms with Gasteiger partial charge in [0.25, 0.3) is 5.91 Å². The lowest BCUT2D eigenvalue weighted by Crippen LogP contribution is -2.44. The molecule has 0 saturated carbocycles. The molecule has 4 rings (SSSR count). The molecule has 0 spiro atoms. The average Bonchev–Trinajstić information content (AvgIpc) is 3.24. The average molecular weight is 360 g/mol. The highest BCUT2D eigenvalue weighted by atomic mass is 16.2. The van der Waals surface area contributed by atoms with Gasteiger partial charge in [0.2, 0.25) is 0 Å². The van der Waals surface area contributed by atoms with Crippen molar-refractivity contribution in [2.45, 2.75) is 38.1 Å². The van der Waals surface area contributed by atoms with Crippen molar-refractivity contribution in [3.05, 3.63) is 72.2 Å². The number of piperidine rings is 1. The molecule has 1 aliphatic heterocycles. The maximum atomic E-state index is 13.1. The highest BCUT2D eigenvalue weighted by Gasteiger charge is 2.28. The summed E-state index contributed by atoms with van der Waals surface area (Å²) in [4.78, 5) is 19.2. The maximum absolute atomic E-state index is 13.1. The molecule has 1 N–H and O–H groups in total. The number of aromatic nitrogens is 3. The molecular formula is C22H24N4O. The summed E-state index contributed by atoms with van der Waals surface area (Å²) in [6, 6.07) is 16.4. The molecule has 0 bridgehead atoms. The second kappa shape index (κ2) is 8.16. The van der Waals surface area contributed by atoms with Gasteiger partial charge < -0.3 is 4.90 Å². The number of aromatic amines is 1. The van der Waals surface area contributed by atoms with E-state index in [-0.39, 0.29) is 5.91 Å². The van der Waals surface area contributed by atoms with E-state index >= 15 is 0 Å². The number of carbonyl (C=O) groups excluding carboxylic acids is 1. The minimum absolute atomic E-state index is 0.0561. The zero-order valence-electron chi connectivity index (χ0n) is 15.3. The summed E-state index contributed by atoms with van der Waals surface area (Å²) >= 11 is 0. The molecule has 1 aromatic carbocycles. The third kappa shape index (κ3) is 4.08. The fraction of sp³-hybridized carbons (Fsp3) is 0.318. The van der Waals surface area contributed by atoms with Gasteiger partial charge in [0.1, 0.15) is 5.69 Å². The van der Waals surface area contributed by atoms with E-state index in [1.165, 1.54) is 12.0 Å². The van der Waals surface area contributed by atoms with Crippen LogP contribution in [-0.4, -0.2) is 38.6 Å². The van der Waals surface area contributed by atoms with Gasteiger partial charge in [-0.3, -0.25) is 14.9 Å². The topological polar surface area (TPSA) is 61.9 Å². The van der Waals surface area contributed by atoms with Gasteiger partial charge >= 0.3 is 0 Å². The Bertz CT molecular complexity index is 876. The lowest BCUT2D eigenvalue weighted by Gasteiger charge is -2.35. The first-order valence-electron chi connectivity index (χ1n) is 9.62. The van der Waals surface area contributed by atoms with Crippen molar-refractivity contribution in [3.63, 3.8) is 0 Å². The van der Waals surface area contributed by atoms with Crippen LogP contribution in [0.2, 0.25) is 0 Å². The van der Waals surface area contributed by atoms with Crippen molar-refractivity contribution in [1.82, 2.24) is 20.1 Å². The molecule has 3 aromatic rings. The molecule has 27 heavy (non-hydrogen) atoms. The number of rotatable bonds is 5. The van der Waals surface area contributed by atoms with Crippen molar-refractivity contribution in [2.75, 3.05) is 6.54 Å². The van der Waals surface area contributed by atoms with Gasteiger partial charge in [-0.25, -0.2) is 0 Å². The summed E-state index contributed by atoms with van der Waals surface area (Å²) in [6.07, 6.45) is 8.80. The Kier molecular flexibility index (Phi) is 5.28. The Hall–Kier alpha value is -2.95. The third-order valence-corrected chi connectivity index (χ3v) is 5.28. The van der Waals surface area contributed by atoms with Gasteiger partial charge in [-0.1, -0.05) is 30.3 Å². The van der Waals surface area contributed by atoms with Gasteiger partial charge in [0, 0.05) is 30.5 Å². The number of hydrogen-bond acceptors (Lipinski definition) is 3. The number of H-pyrrole nitrogens is 1. The SMILES string of the molecule is O=C(c1cc(-c2ccncc2)n[nH]1)N1CCCCC1CCc1ccccc1. The quantitative estimate of drug-likeness (QED) is 0.745. The standard InChI is InChI=1S/C22H24N4O/c27-22(21-16-20(24-25-21)18-11-13-23-14-12-18)26-15-5-4-8-19(26)10-9-17-6-2-1-3-7-17/h1-3,6-7,11-14,16,19H,4-5,8-10,15H2,(H,24,25). The first kappa shape index (κ1) is 17.5. The summed E-state index contributed by atoms with van der Waals surface area (Å²) in [7, 11) is 0. The highest BCUT2D eigenvalue weighted by molar-refractivity contribution is 5.93. The minimum atomic E-state index is 0.0561.